The number of piperidine rings is 1. The second-order valence-corrected chi connectivity index (χ2v) is 13.2. The molecule has 45 heavy (non-hydrogen) atoms. The molecule has 0 unspecified atom stereocenters. The molecule has 1 saturated heterocycles. The van der Waals surface area contributed by atoms with Crippen LogP contribution < -0.4 is 16.4 Å². The molecule has 0 atom stereocenters. The molecule has 2 saturated carbocycles. The molecule has 0 bridgehead atoms. The molecule has 1 aliphatic heterocycles. The molecule has 3 fully saturated rings. The van der Waals surface area contributed by atoms with Crippen molar-refractivity contribution in [3.05, 3.63) is 65.5 Å². The fourth-order valence-corrected chi connectivity index (χ4v) is 7.82. The van der Waals surface area contributed by atoms with Gasteiger partial charge in [0.05, 0.1) is 6.33 Å². The van der Waals surface area contributed by atoms with Crippen LogP contribution in [0.2, 0.25) is 0 Å². The molecule has 4 aliphatic rings. The first-order valence-corrected chi connectivity index (χ1v) is 16.6. The Morgan fingerprint density at radius 3 is 2.29 bits per heavy atom. The minimum Gasteiger partial charge on any atom is -0.365 e. The van der Waals surface area contributed by atoms with Crippen LogP contribution in [0.3, 0.4) is 0 Å². The number of aromatic nitrogens is 4. The van der Waals surface area contributed by atoms with Crippen molar-refractivity contribution in [3.63, 3.8) is 0 Å². The highest BCUT2D eigenvalue weighted by Gasteiger charge is 2.33. The summed E-state index contributed by atoms with van der Waals surface area (Å²) in [7, 11) is 0. The number of likely N-dealkylation sites (tertiary alicyclic amines) is 1. The maximum Gasteiger partial charge on any atom is 0.254 e. The van der Waals surface area contributed by atoms with Gasteiger partial charge in [-0.15, -0.1) is 0 Å². The van der Waals surface area contributed by atoms with Gasteiger partial charge in [0.15, 0.2) is 22.8 Å². The molecule has 10 heteroatoms. The average Bonchev–Trinajstić information content (AvgIpc) is 3.81. The first kappa shape index (κ1) is 28.2. The van der Waals surface area contributed by atoms with Crippen molar-refractivity contribution in [1.29, 1.82) is 0 Å². The molecule has 2 aromatic heterocycles. The highest BCUT2D eigenvalue weighted by Crippen LogP contribution is 2.39. The van der Waals surface area contributed by atoms with Gasteiger partial charge in [0.1, 0.15) is 0 Å². The smallest absolute Gasteiger partial charge is 0.254 e. The fraction of sp³-hybridized carbons (Fsp3) is 0.457. The van der Waals surface area contributed by atoms with Crippen LogP contribution in [0, 0.1) is 0 Å². The Balaban J connectivity index is 1.01. The molecular weight excluding hydrogens is 564 g/mol. The van der Waals surface area contributed by atoms with Crippen LogP contribution in [0.4, 0.5) is 11.8 Å². The predicted octanol–water partition coefficient (Wildman–Crippen LogP) is 5.55. The number of amides is 1. The Labute approximate surface area is 262 Å². The van der Waals surface area contributed by atoms with Gasteiger partial charge in [-0.2, -0.15) is 9.97 Å². The number of benzene rings is 2. The van der Waals surface area contributed by atoms with Gasteiger partial charge in [0.2, 0.25) is 5.95 Å². The molecule has 10 nitrogen and oxygen atoms in total. The summed E-state index contributed by atoms with van der Waals surface area (Å²) in [4.78, 5) is 43.5. The second-order valence-electron chi connectivity index (χ2n) is 13.2. The van der Waals surface area contributed by atoms with Gasteiger partial charge in [0.25, 0.3) is 5.91 Å². The summed E-state index contributed by atoms with van der Waals surface area (Å²) in [6, 6.07) is 14.2. The van der Waals surface area contributed by atoms with E-state index in [1.54, 1.807) is 0 Å². The van der Waals surface area contributed by atoms with Crippen molar-refractivity contribution in [2.45, 2.75) is 88.4 Å². The first-order chi connectivity index (χ1) is 22.0. The van der Waals surface area contributed by atoms with Crippen LogP contribution in [-0.4, -0.2) is 67.3 Å². The molecule has 3 heterocycles. The molecule has 1 amide bonds. The third-order valence-electron chi connectivity index (χ3n) is 10.3. The van der Waals surface area contributed by atoms with Crippen LogP contribution >= 0.6 is 0 Å². The number of hydrogen-bond acceptors (Lipinski definition) is 8. The zero-order chi connectivity index (χ0) is 30.5. The molecule has 4 aromatic rings. The third-order valence-corrected chi connectivity index (χ3v) is 10.3. The van der Waals surface area contributed by atoms with Crippen molar-refractivity contribution in [3.8, 4) is 11.1 Å². The molecule has 232 valence electrons. The Morgan fingerprint density at radius 1 is 0.800 bits per heavy atom. The lowest BCUT2D eigenvalue weighted by atomic mass is 9.92. The largest absolute Gasteiger partial charge is 0.365 e. The number of nitrogens with two attached hydrogens (primary N) is 1. The van der Waals surface area contributed by atoms with Gasteiger partial charge in [-0.3, -0.25) is 9.59 Å². The minimum atomic E-state index is -0.0202. The van der Waals surface area contributed by atoms with Gasteiger partial charge in [-0.05, 0) is 63.0 Å². The summed E-state index contributed by atoms with van der Waals surface area (Å²) in [5, 5.41) is 7.32. The van der Waals surface area contributed by atoms with Gasteiger partial charge in [-0.25, -0.2) is 4.98 Å². The molecule has 0 radical (unpaired) electrons. The van der Waals surface area contributed by atoms with E-state index in [4.69, 9.17) is 20.7 Å². The summed E-state index contributed by atoms with van der Waals surface area (Å²) in [5.41, 5.74) is 11.4. The van der Waals surface area contributed by atoms with Gasteiger partial charge < -0.3 is 25.8 Å². The predicted molar refractivity (Wildman–Crippen MR) is 175 cm³/mol. The highest BCUT2D eigenvalue weighted by molar-refractivity contribution is 6.24. The van der Waals surface area contributed by atoms with Crippen molar-refractivity contribution in [2.24, 2.45) is 5.73 Å². The number of rotatable bonds is 6. The number of nitrogens with one attached hydrogen (secondary N) is 2. The van der Waals surface area contributed by atoms with Crippen molar-refractivity contribution < 1.29 is 9.59 Å². The number of hydrogen-bond donors (Lipinski definition) is 3. The van der Waals surface area contributed by atoms with Gasteiger partial charge in [-0.1, -0.05) is 49.2 Å². The van der Waals surface area contributed by atoms with E-state index in [0.29, 0.717) is 47.8 Å². The lowest BCUT2D eigenvalue weighted by Gasteiger charge is -2.33. The number of anilines is 2. The minimum absolute atomic E-state index is 0.00869. The number of nitrogens with zero attached hydrogens (tertiary/aromatic N) is 5. The monoisotopic (exact) mass is 604 g/mol. The number of carbonyl (C=O) groups excluding carboxylic acids is 2. The SMILES string of the molecule is NC1CCC(Nc2nc(NC3CCN(C(=O)c4cccc5c4-c4ccccc4C5=O)CC3)c3ncn(C4CCCC4)c3n2)CC1. The van der Waals surface area contributed by atoms with E-state index in [-0.39, 0.29) is 23.8 Å². The maximum absolute atomic E-state index is 13.8. The summed E-state index contributed by atoms with van der Waals surface area (Å²) < 4.78 is 2.25. The molecule has 0 spiro atoms. The summed E-state index contributed by atoms with van der Waals surface area (Å²) >= 11 is 0. The fourth-order valence-electron chi connectivity index (χ4n) is 7.82. The lowest BCUT2D eigenvalue weighted by Crippen LogP contribution is -2.42. The van der Waals surface area contributed by atoms with E-state index in [2.05, 4.69) is 15.2 Å². The van der Waals surface area contributed by atoms with Crippen LogP contribution in [0.25, 0.3) is 22.3 Å². The number of ketones is 1. The van der Waals surface area contributed by atoms with E-state index < -0.39 is 0 Å². The number of fused-ring (bicyclic) bond motifs is 4. The topological polar surface area (TPSA) is 131 Å². The highest BCUT2D eigenvalue weighted by atomic mass is 16.2. The third kappa shape index (κ3) is 5.14. The molecule has 3 aliphatic carbocycles. The Kier molecular flexibility index (Phi) is 7.24. The Morgan fingerprint density at radius 2 is 1.51 bits per heavy atom. The molecule has 4 N–H and O–H groups in total. The molecular formula is C35H40N8O2. The summed E-state index contributed by atoms with van der Waals surface area (Å²) in [6.45, 7) is 1.24. The molecule has 2 aromatic carbocycles. The number of carbonyl (C=O) groups is 2. The van der Waals surface area contributed by atoms with E-state index in [0.717, 1.165) is 79.5 Å². The van der Waals surface area contributed by atoms with Gasteiger partial charge in [0, 0.05) is 59.5 Å². The summed E-state index contributed by atoms with van der Waals surface area (Å²) in [6.07, 6.45) is 12.3. The van der Waals surface area contributed by atoms with E-state index in [1.807, 2.05) is 53.7 Å². The standard InChI is InChI=1S/C35H40N8O2/c36-21-12-14-22(15-13-21)39-35-40-32(30-33(41-35)43(20-37-30)24-6-1-2-7-24)38-23-16-18-42(19-17-23)34(45)28-11-5-10-27-29(28)25-8-3-4-9-26(25)31(27)44/h3-5,8-11,20-24H,1-2,6-7,12-19,36H2,(H2,38,39,40,41). The molecule has 8 rings (SSSR count). The normalized spacial score (nSPS) is 22.1. The van der Waals surface area contributed by atoms with Crippen LogP contribution in [0.15, 0.2) is 48.8 Å². The van der Waals surface area contributed by atoms with Gasteiger partial charge >= 0.3 is 0 Å². The van der Waals surface area contributed by atoms with Crippen molar-refractivity contribution in [2.75, 3.05) is 23.7 Å². The van der Waals surface area contributed by atoms with Crippen LogP contribution in [0.1, 0.15) is 96.5 Å². The maximum atomic E-state index is 13.8. The van der Waals surface area contributed by atoms with Crippen LogP contribution in [0.5, 0.6) is 0 Å². The Bertz CT molecular complexity index is 1760. The summed E-state index contributed by atoms with van der Waals surface area (Å²) in [5.74, 6) is 1.37. The number of imidazole rings is 1. The second kappa shape index (κ2) is 11.6. The van der Waals surface area contributed by atoms with E-state index >= 15 is 0 Å². The first-order valence-electron chi connectivity index (χ1n) is 16.6. The zero-order valence-electron chi connectivity index (χ0n) is 25.5. The van der Waals surface area contributed by atoms with E-state index in [1.165, 1.54) is 12.8 Å². The van der Waals surface area contributed by atoms with Crippen molar-refractivity contribution >= 4 is 34.6 Å². The quantitative estimate of drug-likeness (QED) is 0.230. The van der Waals surface area contributed by atoms with E-state index in [9.17, 15) is 9.59 Å². The average molecular weight is 605 g/mol. The Hall–Kier alpha value is -4.31. The zero-order valence-corrected chi connectivity index (χ0v) is 25.5. The van der Waals surface area contributed by atoms with Crippen molar-refractivity contribution in [1.82, 2.24) is 24.4 Å². The lowest BCUT2D eigenvalue weighted by molar-refractivity contribution is 0.0719. The van der Waals surface area contributed by atoms with Crippen LogP contribution in [-0.2, 0) is 0 Å².